The third-order valence-corrected chi connectivity index (χ3v) is 3.35. The van der Waals surface area contributed by atoms with Gasteiger partial charge in [-0.2, -0.15) is 4.57 Å². The average molecular weight is 255 g/mol. The molecule has 0 aliphatic rings. The molecule has 2 heterocycles. The maximum atomic E-state index is 3.45. The Hall–Kier alpha value is -0.670. The van der Waals surface area contributed by atoms with Crippen molar-refractivity contribution in [1.29, 1.82) is 0 Å². The largest absolute Gasteiger partial charge is 0.200 e. The van der Waals surface area contributed by atoms with Gasteiger partial charge in [-0.1, -0.05) is 6.07 Å². The number of pyridine rings is 1. The highest BCUT2D eigenvalue weighted by Gasteiger charge is 2.03. The Morgan fingerprint density at radius 1 is 1.15 bits per heavy atom. The fraction of sp³-hybridized carbons (Fsp3) is 0.100. The summed E-state index contributed by atoms with van der Waals surface area (Å²) in [5.74, 6) is 0. The third kappa shape index (κ3) is 2.39. The molecule has 0 aliphatic carbocycles. The molecular weight excluding hydrogens is 246 g/mol. The minimum absolute atomic E-state index is 0.955. The van der Waals surface area contributed by atoms with Crippen molar-refractivity contribution in [2.24, 2.45) is 0 Å². The van der Waals surface area contributed by atoms with Crippen LogP contribution in [-0.2, 0) is 6.54 Å². The van der Waals surface area contributed by atoms with Crippen molar-refractivity contribution in [3.8, 4) is 0 Å². The Balaban J connectivity index is 2.15. The van der Waals surface area contributed by atoms with E-state index in [4.69, 9.17) is 0 Å². The van der Waals surface area contributed by atoms with Gasteiger partial charge < -0.3 is 0 Å². The lowest BCUT2D eigenvalue weighted by molar-refractivity contribution is -0.687. The smallest absolute Gasteiger partial charge is 0.182 e. The summed E-state index contributed by atoms with van der Waals surface area (Å²) in [5, 5.41) is 0. The molecule has 0 saturated carbocycles. The second kappa shape index (κ2) is 4.03. The summed E-state index contributed by atoms with van der Waals surface area (Å²) in [5.41, 5.74) is 0. The standard InChI is InChI=1S/C10H9BrNS/c11-10-5-4-9(13-10)8-12-6-2-1-3-7-12/h1-7H,8H2/q+1. The first-order valence-electron chi connectivity index (χ1n) is 4.03. The van der Waals surface area contributed by atoms with E-state index in [1.165, 1.54) is 8.66 Å². The van der Waals surface area contributed by atoms with Gasteiger partial charge in [0.15, 0.2) is 18.9 Å². The summed E-state index contributed by atoms with van der Waals surface area (Å²) in [6.45, 7) is 0.955. The van der Waals surface area contributed by atoms with Gasteiger partial charge in [0.1, 0.15) is 0 Å². The number of hydrogen-bond acceptors (Lipinski definition) is 1. The van der Waals surface area contributed by atoms with E-state index in [2.05, 4.69) is 45.0 Å². The molecule has 0 spiro atoms. The summed E-state index contributed by atoms with van der Waals surface area (Å²) in [4.78, 5) is 1.36. The molecule has 0 aliphatic heterocycles. The number of thiophene rings is 1. The fourth-order valence-corrected chi connectivity index (χ4v) is 2.65. The van der Waals surface area contributed by atoms with E-state index < -0.39 is 0 Å². The van der Waals surface area contributed by atoms with Gasteiger partial charge in [0.05, 0.1) is 8.66 Å². The SMILES string of the molecule is Brc1ccc(C[n+]2ccccc2)s1. The minimum Gasteiger partial charge on any atom is -0.200 e. The summed E-state index contributed by atoms with van der Waals surface area (Å²) < 4.78 is 3.36. The molecule has 66 valence electrons. The zero-order valence-corrected chi connectivity index (χ0v) is 9.38. The molecule has 3 heteroatoms. The van der Waals surface area contributed by atoms with Gasteiger partial charge in [0.2, 0.25) is 0 Å². The van der Waals surface area contributed by atoms with Crippen molar-refractivity contribution in [3.05, 3.63) is 51.4 Å². The predicted molar refractivity (Wildman–Crippen MR) is 57.8 cm³/mol. The van der Waals surface area contributed by atoms with Crippen LogP contribution in [0.5, 0.6) is 0 Å². The van der Waals surface area contributed by atoms with Gasteiger partial charge in [0.25, 0.3) is 0 Å². The van der Waals surface area contributed by atoms with Crippen molar-refractivity contribution in [3.63, 3.8) is 0 Å². The van der Waals surface area contributed by atoms with Crippen LogP contribution in [0.2, 0.25) is 0 Å². The Morgan fingerprint density at radius 2 is 1.92 bits per heavy atom. The summed E-state index contributed by atoms with van der Waals surface area (Å²) in [6.07, 6.45) is 4.15. The fourth-order valence-electron chi connectivity index (χ4n) is 1.16. The van der Waals surface area contributed by atoms with Gasteiger partial charge in [-0.25, -0.2) is 0 Å². The van der Waals surface area contributed by atoms with Crippen LogP contribution in [0, 0.1) is 0 Å². The predicted octanol–water partition coefficient (Wildman–Crippen LogP) is 2.85. The maximum Gasteiger partial charge on any atom is 0.182 e. The lowest BCUT2D eigenvalue weighted by Crippen LogP contribution is -2.32. The second-order valence-electron chi connectivity index (χ2n) is 2.75. The Bertz CT molecular complexity index is 383. The normalized spacial score (nSPS) is 10.2. The first kappa shape index (κ1) is 8.91. The minimum atomic E-state index is 0.955. The van der Waals surface area contributed by atoms with Gasteiger partial charge in [-0.3, -0.25) is 0 Å². The topological polar surface area (TPSA) is 3.88 Å². The molecule has 0 fully saturated rings. The molecule has 1 nitrogen and oxygen atoms in total. The molecule has 0 radical (unpaired) electrons. The van der Waals surface area contributed by atoms with Crippen LogP contribution in [0.4, 0.5) is 0 Å². The van der Waals surface area contributed by atoms with Crippen LogP contribution in [0.25, 0.3) is 0 Å². The molecule has 0 aromatic carbocycles. The molecule has 13 heavy (non-hydrogen) atoms. The molecule has 0 unspecified atom stereocenters. The Kier molecular flexibility index (Phi) is 2.76. The number of nitrogens with zero attached hydrogens (tertiary/aromatic N) is 1. The average Bonchev–Trinajstić information content (AvgIpc) is 2.53. The Morgan fingerprint density at radius 3 is 2.54 bits per heavy atom. The van der Waals surface area contributed by atoms with E-state index in [1.54, 1.807) is 11.3 Å². The van der Waals surface area contributed by atoms with E-state index >= 15 is 0 Å². The second-order valence-corrected chi connectivity index (χ2v) is 5.30. The molecule has 0 atom stereocenters. The number of hydrogen-bond donors (Lipinski definition) is 0. The zero-order chi connectivity index (χ0) is 9.10. The molecule has 2 aromatic rings. The number of rotatable bonds is 2. The van der Waals surface area contributed by atoms with Gasteiger partial charge in [-0.05, 0) is 28.1 Å². The van der Waals surface area contributed by atoms with Crippen LogP contribution in [0.1, 0.15) is 4.88 Å². The summed E-state index contributed by atoms with van der Waals surface area (Å²) >= 11 is 5.23. The van der Waals surface area contributed by atoms with Crippen LogP contribution < -0.4 is 4.57 Å². The van der Waals surface area contributed by atoms with Crippen molar-refractivity contribution in [2.75, 3.05) is 0 Å². The zero-order valence-electron chi connectivity index (χ0n) is 6.98. The number of aromatic nitrogens is 1. The van der Waals surface area contributed by atoms with Gasteiger partial charge in [0, 0.05) is 12.1 Å². The molecular formula is C10H9BrNS+. The molecule has 0 bridgehead atoms. The highest BCUT2D eigenvalue weighted by Crippen LogP contribution is 2.21. The van der Waals surface area contributed by atoms with E-state index in [0.717, 1.165) is 6.54 Å². The first-order chi connectivity index (χ1) is 6.34. The first-order valence-corrected chi connectivity index (χ1v) is 5.64. The highest BCUT2D eigenvalue weighted by atomic mass is 79.9. The maximum absolute atomic E-state index is 3.45. The summed E-state index contributed by atoms with van der Waals surface area (Å²) in [6, 6.07) is 10.4. The van der Waals surface area contributed by atoms with Crippen molar-refractivity contribution < 1.29 is 4.57 Å². The Labute approximate surface area is 89.8 Å². The van der Waals surface area contributed by atoms with Crippen LogP contribution >= 0.6 is 27.3 Å². The monoisotopic (exact) mass is 254 g/mol. The molecule has 0 N–H and O–H groups in total. The van der Waals surface area contributed by atoms with E-state index in [0.29, 0.717) is 0 Å². The van der Waals surface area contributed by atoms with E-state index in [-0.39, 0.29) is 0 Å². The van der Waals surface area contributed by atoms with Gasteiger partial charge >= 0.3 is 0 Å². The highest BCUT2D eigenvalue weighted by molar-refractivity contribution is 9.11. The van der Waals surface area contributed by atoms with E-state index in [1.807, 2.05) is 18.2 Å². The van der Waals surface area contributed by atoms with Crippen LogP contribution in [-0.4, -0.2) is 0 Å². The molecule has 2 rings (SSSR count). The molecule has 0 saturated heterocycles. The quantitative estimate of drug-likeness (QED) is 0.726. The number of halogens is 1. The van der Waals surface area contributed by atoms with Crippen molar-refractivity contribution in [2.45, 2.75) is 6.54 Å². The molecule has 2 aromatic heterocycles. The van der Waals surface area contributed by atoms with Crippen molar-refractivity contribution in [1.82, 2.24) is 0 Å². The third-order valence-electron chi connectivity index (χ3n) is 1.74. The van der Waals surface area contributed by atoms with Gasteiger partial charge in [-0.15, -0.1) is 11.3 Å². The van der Waals surface area contributed by atoms with Crippen LogP contribution in [0.3, 0.4) is 0 Å². The van der Waals surface area contributed by atoms with E-state index in [9.17, 15) is 0 Å². The summed E-state index contributed by atoms with van der Waals surface area (Å²) in [7, 11) is 0. The lowest BCUT2D eigenvalue weighted by atomic mass is 10.4. The van der Waals surface area contributed by atoms with Crippen molar-refractivity contribution >= 4 is 27.3 Å². The molecule has 0 amide bonds. The lowest BCUT2D eigenvalue weighted by Gasteiger charge is -1.91. The van der Waals surface area contributed by atoms with Crippen LogP contribution in [0.15, 0.2) is 46.5 Å².